The van der Waals surface area contributed by atoms with E-state index in [9.17, 15) is 9.90 Å². The lowest BCUT2D eigenvalue weighted by Gasteiger charge is -2.24. The van der Waals surface area contributed by atoms with E-state index >= 15 is 0 Å². The van der Waals surface area contributed by atoms with Crippen molar-refractivity contribution in [1.82, 2.24) is 5.32 Å². The van der Waals surface area contributed by atoms with Gasteiger partial charge in [0, 0.05) is 10.7 Å². The Morgan fingerprint density at radius 1 is 1.52 bits per heavy atom. The highest BCUT2D eigenvalue weighted by molar-refractivity contribution is 8.14. The summed E-state index contributed by atoms with van der Waals surface area (Å²) in [5.41, 5.74) is 1.46. The van der Waals surface area contributed by atoms with E-state index < -0.39 is 12.0 Å². The number of allylic oxidation sites excluding steroid dienone is 1. The van der Waals surface area contributed by atoms with Crippen LogP contribution in [-0.2, 0) is 4.79 Å². The molecule has 21 heavy (non-hydrogen) atoms. The van der Waals surface area contributed by atoms with Gasteiger partial charge in [0.2, 0.25) is 0 Å². The number of thioether (sulfide) groups is 1. The van der Waals surface area contributed by atoms with Crippen molar-refractivity contribution in [3.05, 3.63) is 46.1 Å². The first kappa shape index (κ1) is 15.4. The van der Waals surface area contributed by atoms with Crippen molar-refractivity contribution < 1.29 is 9.90 Å². The zero-order chi connectivity index (χ0) is 15.4. The molecule has 5 nitrogen and oxygen atoms in total. The lowest BCUT2D eigenvalue weighted by Crippen LogP contribution is -2.29. The molecule has 1 heterocycles. The summed E-state index contributed by atoms with van der Waals surface area (Å²) in [4.78, 5) is 15.9. The third-order valence-corrected chi connectivity index (χ3v) is 3.91. The Balaban J connectivity index is 2.41. The highest BCUT2D eigenvalue weighted by atomic mass is 35.5. The standard InChI is InChI=1S/C14H12ClN3O2S/c1-8-11(13(19)20)12(9-2-4-10(15)5-3-9)18-14(17-8)21-7-6-16/h2-5,12H,7H2,1H3,(H,17,18)(H,19,20). The molecular weight excluding hydrogens is 310 g/mol. The maximum Gasteiger partial charge on any atom is 0.335 e. The quantitative estimate of drug-likeness (QED) is 0.894. The Morgan fingerprint density at radius 3 is 2.76 bits per heavy atom. The molecule has 2 rings (SSSR count). The van der Waals surface area contributed by atoms with Crippen molar-refractivity contribution in [2.75, 3.05) is 5.75 Å². The predicted molar refractivity (Wildman–Crippen MR) is 83.2 cm³/mol. The van der Waals surface area contributed by atoms with Crippen LogP contribution in [-0.4, -0.2) is 22.0 Å². The van der Waals surface area contributed by atoms with E-state index in [1.807, 2.05) is 6.07 Å². The van der Waals surface area contributed by atoms with E-state index in [0.717, 1.165) is 5.56 Å². The van der Waals surface area contributed by atoms with E-state index in [1.165, 1.54) is 11.8 Å². The Bertz CT molecular complexity index is 662. The fourth-order valence-corrected chi connectivity index (χ4v) is 2.72. The van der Waals surface area contributed by atoms with E-state index in [0.29, 0.717) is 15.9 Å². The second-order valence-electron chi connectivity index (χ2n) is 4.30. The number of amidine groups is 1. The zero-order valence-corrected chi connectivity index (χ0v) is 12.7. The van der Waals surface area contributed by atoms with Crippen molar-refractivity contribution in [3.63, 3.8) is 0 Å². The smallest absolute Gasteiger partial charge is 0.335 e. The summed E-state index contributed by atoms with van der Waals surface area (Å²) in [5, 5.41) is 22.1. The average Bonchev–Trinajstić information content (AvgIpc) is 2.44. The first-order chi connectivity index (χ1) is 10.0. The molecule has 1 unspecified atom stereocenters. The van der Waals surface area contributed by atoms with Gasteiger partial charge in [0.15, 0.2) is 5.17 Å². The number of nitrogens with zero attached hydrogens (tertiary/aromatic N) is 2. The largest absolute Gasteiger partial charge is 0.478 e. The number of halogens is 1. The topological polar surface area (TPSA) is 85.5 Å². The van der Waals surface area contributed by atoms with Gasteiger partial charge in [-0.2, -0.15) is 5.26 Å². The van der Waals surface area contributed by atoms with E-state index in [-0.39, 0.29) is 11.3 Å². The number of hydrogen-bond acceptors (Lipinski definition) is 5. The van der Waals surface area contributed by atoms with Crippen LogP contribution in [0.1, 0.15) is 18.5 Å². The molecule has 1 aliphatic rings. The summed E-state index contributed by atoms with van der Waals surface area (Å²) in [6.07, 6.45) is 0. The minimum absolute atomic E-state index is 0.193. The zero-order valence-electron chi connectivity index (χ0n) is 11.1. The molecule has 108 valence electrons. The van der Waals surface area contributed by atoms with E-state index in [4.69, 9.17) is 16.9 Å². The van der Waals surface area contributed by atoms with Gasteiger partial charge in [-0.3, -0.25) is 0 Å². The Kier molecular flexibility index (Phi) is 4.89. The molecule has 0 radical (unpaired) electrons. The number of benzene rings is 1. The molecule has 0 fully saturated rings. The van der Waals surface area contributed by atoms with E-state index in [2.05, 4.69) is 10.3 Å². The molecule has 0 saturated heterocycles. The fraction of sp³-hybridized carbons (Fsp3) is 0.214. The number of nitriles is 1. The predicted octanol–water partition coefficient (Wildman–Crippen LogP) is 2.96. The maximum absolute atomic E-state index is 11.5. The number of carbonyl (C=O) groups is 1. The minimum Gasteiger partial charge on any atom is -0.478 e. The fourth-order valence-electron chi connectivity index (χ4n) is 1.98. The SMILES string of the molecule is CC1=C(C(=O)O)C(c2ccc(Cl)cc2)N=C(SCC#N)N1. The highest BCUT2D eigenvalue weighted by Gasteiger charge is 2.29. The Labute approximate surface area is 131 Å². The van der Waals surface area contributed by atoms with Crippen molar-refractivity contribution in [3.8, 4) is 6.07 Å². The van der Waals surface area contributed by atoms with E-state index in [1.54, 1.807) is 31.2 Å². The van der Waals surface area contributed by atoms with Crippen LogP contribution in [0.2, 0.25) is 5.02 Å². The summed E-state index contributed by atoms with van der Waals surface area (Å²) < 4.78 is 0. The molecule has 7 heteroatoms. The first-order valence-corrected chi connectivity index (χ1v) is 7.43. The minimum atomic E-state index is -1.02. The molecule has 1 aromatic rings. The van der Waals surface area contributed by atoms with Crippen LogP contribution in [0, 0.1) is 11.3 Å². The van der Waals surface area contributed by atoms with Gasteiger partial charge in [0.1, 0.15) is 6.04 Å². The monoisotopic (exact) mass is 321 g/mol. The van der Waals surface area contributed by atoms with Gasteiger partial charge in [-0.15, -0.1) is 0 Å². The molecule has 0 aliphatic carbocycles. The molecule has 2 N–H and O–H groups in total. The van der Waals surface area contributed by atoms with Gasteiger partial charge >= 0.3 is 5.97 Å². The third-order valence-electron chi connectivity index (χ3n) is 2.91. The summed E-state index contributed by atoms with van der Waals surface area (Å²) in [5.74, 6) is -0.775. The molecular formula is C14H12ClN3O2S. The maximum atomic E-state index is 11.5. The number of aliphatic carboxylic acids is 1. The van der Waals surface area contributed by atoms with Gasteiger partial charge in [-0.25, -0.2) is 9.79 Å². The third kappa shape index (κ3) is 3.57. The van der Waals surface area contributed by atoms with Gasteiger partial charge in [0.05, 0.1) is 17.4 Å². The lowest BCUT2D eigenvalue weighted by molar-refractivity contribution is -0.133. The van der Waals surface area contributed by atoms with Crippen LogP contribution in [0.5, 0.6) is 0 Å². The molecule has 0 spiro atoms. The normalized spacial score (nSPS) is 17.8. The highest BCUT2D eigenvalue weighted by Crippen LogP contribution is 2.32. The second-order valence-corrected chi connectivity index (χ2v) is 5.70. The summed E-state index contributed by atoms with van der Waals surface area (Å²) in [6.45, 7) is 1.69. The van der Waals surface area contributed by atoms with Gasteiger partial charge < -0.3 is 10.4 Å². The number of carboxylic acids is 1. The summed E-state index contributed by atoms with van der Waals surface area (Å²) in [7, 11) is 0. The summed E-state index contributed by atoms with van der Waals surface area (Å²) in [6, 6.07) is 8.32. The summed E-state index contributed by atoms with van der Waals surface area (Å²) >= 11 is 7.10. The average molecular weight is 322 g/mol. The van der Waals surface area contributed by atoms with Crippen LogP contribution in [0.3, 0.4) is 0 Å². The van der Waals surface area contributed by atoms with Crippen LogP contribution >= 0.6 is 23.4 Å². The molecule has 0 amide bonds. The first-order valence-electron chi connectivity index (χ1n) is 6.07. The number of rotatable bonds is 3. The lowest BCUT2D eigenvalue weighted by atomic mass is 9.97. The molecule has 0 bridgehead atoms. The molecule has 0 saturated carbocycles. The second kappa shape index (κ2) is 6.66. The van der Waals surface area contributed by atoms with Crippen LogP contribution in [0.4, 0.5) is 0 Å². The molecule has 1 aromatic carbocycles. The van der Waals surface area contributed by atoms with Crippen molar-refractivity contribution in [2.24, 2.45) is 4.99 Å². The number of carboxylic acid groups (broad SMARTS) is 1. The Hall–Kier alpha value is -1.97. The number of hydrogen-bond donors (Lipinski definition) is 2. The van der Waals surface area contributed by atoms with Crippen LogP contribution < -0.4 is 5.32 Å². The van der Waals surface area contributed by atoms with Gasteiger partial charge in [0.25, 0.3) is 0 Å². The number of aliphatic imine (C=N–C) groups is 1. The van der Waals surface area contributed by atoms with Crippen molar-refractivity contribution >= 4 is 34.5 Å². The molecule has 0 aromatic heterocycles. The molecule has 1 aliphatic heterocycles. The molecule has 1 atom stereocenters. The van der Waals surface area contributed by atoms with Crippen LogP contribution in [0.25, 0.3) is 0 Å². The van der Waals surface area contributed by atoms with Gasteiger partial charge in [-0.05, 0) is 24.6 Å². The Morgan fingerprint density at radius 2 is 2.19 bits per heavy atom. The van der Waals surface area contributed by atoms with Crippen LogP contribution in [0.15, 0.2) is 40.5 Å². The number of nitrogens with one attached hydrogen (secondary N) is 1. The van der Waals surface area contributed by atoms with Crippen molar-refractivity contribution in [1.29, 1.82) is 5.26 Å². The van der Waals surface area contributed by atoms with Gasteiger partial charge in [-0.1, -0.05) is 35.5 Å². The van der Waals surface area contributed by atoms with Crippen molar-refractivity contribution in [2.45, 2.75) is 13.0 Å².